The van der Waals surface area contributed by atoms with Crippen molar-refractivity contribution in [3.63, 3.8) is 0 Å². The van der Waals surface area contributed by atoms with Crippen molar-refractivity contribution < 1.29 is 9.90 Å². The molecule has 2 rings (SSSR count). The summed E-state index contributed by atoms with van der Waals surface area (Å²) in [6.45, 7) is 4.42. The van der Waals surface area contributed by atoms with Gasteiger partial charge in [-0.15, -0.1) is 0 Å². The minimum absolute atomic E-state index is 0.0321. The van der Waals surface area contributed by atoms with E-state index in [1.807, 2.05) is 28.8 Å². The van der Waals surface area contributed by atoms with E-state index in [1.54, 1.807) is 11.1 Å². The first kappa shape index (κ1) is 14.5. The number of carbonyl (C=O) groups excluding carboxylic acids is 1. The monoisotopic (exact) mass is 275 g/mol. The number of aliphatic hydroxyl groups excluding tert-OH is 1. The van der Waals surface area contributed by atoms with Crippen LogP contribution in [-0.2, 0) is 0 Å². The Morgan fingerprint density at radius 2 is 2.15 bits per heavy atom. The van der Waals surface area contributed by atoms with Gasteiger partial charge in [0.1, 0.15) is 11.3 Å². The molecule has 2 aromatic heterocycles. The molecule has 2 heterocycles. The number of carbonyl (C=O) groups is 1. The zero-order valence-corrected chi connectivity index (χ0v) is 12.0. The van der Waals surface area contributed by atoms with Crippen molar-refractivity contribution in [2.75, 3.05) is 13.2 Å². The van der Waals surface area contributed by atoms with E-state index in [4.69, 9.17) is 0 Å². The highest BCUT2D eigenvalue weighted by atomic mass is 16.3. The summed E-state index contributed by atoms with van der Waals surface area (Å²) in [7, 11) is 0. The van der Waals surface area contributed by atoms with Crippen LogP contribution < -0.4 is 0 Å². The maximum absolute atomic E-state index is 12.6. The van der Waals surface area contributed by atoms with Gasteiger partial charge in [-0.05, 0) is 25.0 Å². The molecule has 0 aliphatic heterocycles. The lowest BCUT2D eigenvalue weighted by atomic mass is 10.1. The van der Waals surface area contributed by atoms with E-state index in [0.29, 0.717) is 12.2 Å². The lowest BCUT2D eigenvalue weighted by Gasteiger charge is -2.29. The van der Waals surface area contributed by atoms with Gasteiger partial charge >= 0.3 is 0 Å². The second kappa shape index (κ2) is 6.52. The highest BCUT2D eigenvalue weighted by molar-refractivity contribution is 5.93. The number of fused-ring (bicyclic) bond motifs is 1. The van der Waals surface area contributed by atoms with Gasteiger partial charge in [-0.1, -0.05) is 19.9 Å². The molecular formula is C15H21N3O2. The van der Waals surface area contributed by atoms with Crippen LogP contribution in [0.25, 0.3) is 5.65 Å². The summed E-state index contributed by atoms with van der Waals surface area (Å²) in [5, 5.41) is 9.19. The zero-order valence-electron chi connectivity index (χ0n) is 12.0. The molecule has 2 aromatic rings. The van der Waals surface area contributed by atoms with E-state index < -0.39 is 0 Å². The molecule has 20 heavy (non-hydrogen) atoms. The van der Waals surface area contributed by atoms with Crippen LogP contribution in [0.1, 0.15) is 37.2 Å². The van der Waals surface area contributed by atoms with Gasteiger partial charge in [0, 0.05) is 25.0 Å². The number of imidazole rings is 1. The third-order valence-electron chi connectivity index (χ3n) is 3.57. The van der Waals surface area contributed by atoms with Crippen molar-refractivity contribution in [1.29, 1.82) is 0 Å². The lowest BCUT2D eigenvalue weighted by molar-refractivity contribution is 0.0617. The van der Waals surface area contributed by atoms with Crippen LogP contribution in [0.15, 0.2) is 30.6 Å². The number of aromatic nitrogens is 2. The average molecular weight is 275 g/mol. The lowest BCUT2D eigenvalue weighted by Crippen LogP contribution is -2.41. The van der Waals surface area contributed by atoms with E-state index in [0.717, 1.165) is 18.5 Å². The summed E-state index contributed by atoms with van der Waals surface area (Å²) < 4.78 is 1.83. The predicted octanol–water partition coefficient (Wildman–Crippen LogP) is 1.96. The largest absolute Gasteiger partial charge is 0.395 e. The smallest absolute Gasteiger partial charge is 0.274 e. The molecule has 0 unspecified atom stereocenters. The minimum atomic E-state index is -0.114. The van der Waals surface area contributed by atoms with Crippen LogP contribution in [0, 0.1) is 0 Å². The third kappa shape index (κ3) is 2.82. The van der Waals surface area contributed by atoms with Crippen LogP contribution in [0.2, 0.25) is 0 Å². The van der Waals surface area contributed by atoms with Crippen molar-refractivity contribution in [3.8, 4) is 0 Å². The summed E-state index contributed by atoms with van der Waals surface area (Å²) in [5.41, 5.74) is 1.18. The van der Waals surface area contributed by atoms with Crippen molar-refractivity contribution in [2.45, 2.75) is 32.7 Å². The van der Waals surface area contributed by atoms with E-state index in [-0.39, 0.29) is 18.6 Å². The van der Waals surface area contributed by atoms with E-state index in [2.05, 4.69) is 18.8 Å². The van der Waals surface area contributed by atoms with Gasteiger partial charge in [-0.3, -0.25) is 4.79 Å². The van der Waals surface area contributed by atoms with Crippen LogP contribution in [0.3, 0.4) is 0 Å². The van der Waals surface area contributed by atoms with Gasteiger partial charge in [0.2, 0.25) is 0 Å². The normalized spacial score (nSPS) is 11.2. The Morgan fingerprint density at radius 3 is 2.75 bits per heavy atom. The number of amides is 1. The fourth-order valence-corrected chi connectivity index (χ4v) is 2.47. The molecule has 0 bridgehead atoms. The van der Waals surface area contributed by atoms with Crippen molar-refractivity contribution in [2.24, 2.45) is 0 Å². The second-order valence-electron chi connectivity index (χ2n) is 4.78. The van der Waals surface area contributed by atoms with Crippen LogP contribution in [-0.4, -0.2) is 44.5 Å². The average Bonchev–Trinajstić information content (AvgIpc) is 2.90. The molecule has 1 amide bonds. The first-order valence-corrected chi connectivity index (χ1v) is 7.06. The van der Waals surface area contributed by atoms with Gasteiger partial charge < -0.3 is 14.4 Å². The quantitative estimate of drug-likeness (QED) is 0.876. The Labute approximate surface area is 118 Å². The van der Waals surface area contributed by atoms with E-state index >= 15 is 0 Å². The molecule has 0 aliphatic carbocycles. The molecule has 5 heteroatoms. The fraction of sp³-hybridized carbons (Fsp3) is 0.467. The fourth-order valence-electron chi connectivity index (χ4n) is 2.47. The van der Waals surface area contributed by atoms with E-state index in [9.17, 15) is 9.90 Å². The Balaban J connectivity index is 2.30. The number of hydrogen-bond acceptors (Lipinski definition) is 3. The summed E-state index contributed by atoms with van der Waals surface area (Å²) in [6.07, 6.45) is 5.35. The van der Waals surface area contributed by atoms with Gasteiger partial charge in [0.05, 0.1) is 6.61 Å². The molecule has 0 saturated carbocycles. The first-order valence-electron chi connectivity index (χ1n) is 7.06. The summed E-state index contributed by atoms with van der Waals surface area (Å²) in [6, 6.07) is 5.79. The standard InChI is InChI=1S/C15H21N3O2/c1-3-12(4-2)18(9-10-19)15(20)13-11-17-8-6-5-7-14(17)16-13/h5-8,11-12,19H,3-4,9-10H2,1-2H3. The zero-order chi connectivity index (χ0) is 14.5. The number of pyridine rings is 1. The summed E-state index contributed by atoms with van der Waals surface area (Å²) in [4.78, 5) is 18.7. The molecule has 0 radical (unpaired) electrons. The Morgan fingerprint density at radius 1 is 1.40 bits per heavy atom. The van der Waals surface area contributed by atoms with Gasteiger partial charge in [0.15, 0.2) is 0 Å². The molecule has 0 spiro atoms. The third-order valence-corrected chi connectivity index (χ3v) is 3.57. The van der Waals surface area contributed by atoms with Crippen LogP contribution in [0.5, 0.6) is 0 Å². The Hall–Kier alpha value is -1.88. The van der Waals surface area contributed by atoms with Crippen LogP contribution >= 0.6 is 0 Å². The highest BCUT2D eigenvalue weighted by Crippen LogP contribution is 2.14. The van der Waals surface area contributed by atoms with Gasteiger partial charge in [-0.25, -0.2) is 4.98 Å². The topological polar surface area (TPSA) is 57.8 Å². The highest BCUT2D eigenvalue weighted by Gasteiger charge is 2.23. The number of hydrogen-bond donors (Lipinski definition) is 1. The Bertz CT molecular complexity index is 542. The molecule has 0 fully saturated rings. The number of aliphatic hydroxyl groups is 1. The summed E-state index contributed by atoms with van der Waals surface area (Å²) >= 11 is 0. The molecule has 108 valence electrons. The summed E-state index contributed by atoms with van der Waals surface area (Å²) in [5.74, 6) is -0.114. The molecular weight excluding hydrogens is 254 g/mol. The van der Waals surface area contributed by atoms with Crippen molar-refractivity contribution in [1.82, 2.24) is 14.3 Å². The Kier molecular flexibility index (Phi) is 4.74. The molecule has 0 saturated heterocycles. The minimum Gasteiger partial charge on any atom is -0.395 e. The molecule has 0 aliphatic rings. The molecule has 1 N–H and O–H groups in total. The molecule has 0 atom stereocenters. The predicted molar refractivity (Wildman–Crippen MR) is 77.7 cm³/mol. The van der Waals surface area contributed by atoms with Gasteiger partial charge in [0.25, 0.3) is 5.91 Å². The molecule has 0 aromatic carbocycles. The second-order valence-corrected chi connectivity index (χ2v) is 4.78. The van der Waals surface area contributed by atoms with Crippen molar-refractivity contribution in [3.05, 3.63) is 36.3 Å². The van der Waals surface area contributed by atoms with Gasteiger partial charge in [-0.2, -0.15) is 0 Å². The number of nitrogens with zero attached hydrogens (tertiary/aromatic N) is 3. The van der Waals surface area contributed by atoms with Crippen molar-refractivity contribution >= 4 is 11.6 Å². The SMILES string of the molecule is CCC(CC)N(CCO)C(=O)c1cn2ccccc2n1. The maximum Gasteiger partial charge on any atom is 0.274 e. The molecule has 5 nitrogen and oxygen atoms in total. The maximum atomic E-state index is 12.6. The number of rotatable bonds is 6. The van der Waals surface area contributed by atoms with E-state index in [1.165, 1.54) is 0 Å². The van der Waals surface area contributed by atoms with Crippen LogP contribution in [0.4, 0.5) is 0 Å². The first-order chi connectivity index (χ1) is 9.71.